The van der Waals surface area contributed by atoms with E-state index in [4.69, 9.17) is 20.9 Å². The molecule has 37 heavy (non-hydrogen) atoms. The summed E-state index contributed by atoms with van der Waals surface area (Å²) in [7, 11) is -2.20. The topological polar surface area (TPSA) is 98.4 Å². The third-order valence-corrected chi connectivity index (χ3v) is 10.9. The van der Waals surface area contributed by atoms with Gasteiger partial charge in [0.1, 0.15) is 10.9 Å². The molecular weight excluding hydrogens is 532 g/mol. The molecule has 8 nitrogen and oxygen atoms in total. The highest BCUT2D eigenvalue weighted by Crippen LogP contribution is 2.45. The van der Waals surface area contributed by atoms with Crippen molar-refractivity contribution in [1.29, 1.82) is 0 Å². The van der Waals surface area contributed by atoms with E-state index in [1.807, 2.05) is 18.2 Å². The van der Waals surface area contributed by atoms with Crippen molar-refractivity contribution in [2.24, 2.45) is 11.8 Å². The van der Waals surface area contributed by atoms with Crippen LogP contribution < -0.4 is 0 Å². The molecule has 0 radical (unpaired) electrons. The van der Waals surface area contributed by atoms with Crippen LogP contribution in [-0.4, -0.2) is 47.7 Å². The highest BCUT2D eigenvalue weighted by Gasteiger charge is 2.46. The van der Waals surface area contributed by atoms with Crippen molar-refractivity contribution in [3.8, 4) is 22.8 Å². The van der Waals surface area contributed by atoms with Crippen LogP contribution in [-0.2, 0) is 27.6 Å². The SMILES string of the molecule is COCN(C1C2CCC1Cc1cc(-c3noc(-c4ccncc4)n3)ccc1C2)S(=O)(=O)c1ccc(Cl)s1. The molecule has 2 aliphatic rings. The lowest BCUT2D eigenvalue weighted by Gasteiger charge is -2.33. The Hall–Kier alpha value is -2.63. The Morgan fingerprint density at radius 3 is 2.51 bits per heavy atom. The Morgan fingerprint density at radius 1 is 1.05 bits per heavy atom. The average molecular weight is 557 g/mol. The minimum Gasteiger partial charge on any atom is -0.368 e. The van der Waals surface area contributed by atoms with Crippen LogP contribution in [0.4, 0.5) is 0 Å². The van der Waals surface area contributed by atoms with Gasteiger partial charge in [-0.15, -0.1) is 11.3 Å². The molecule has 1 saturated carbocycles. The summed E-state index contributed by atoms with van der Waals surface area (Å²) in [6.45, 7) is 0.0117. The summed E-state index contributed by atoms with van der Waals surface area (Å²) in [5.74, 6) is 1.36. The molecule has 2 aliphatic carbocycles. The maximum atomic E-state index is 13.7. The first-order valence-corrected chi connectivity index (χ1v) is 14.7. The first kappa shape index (κ1) is 24.7. The van der Waals surface area contributed by atoms with Gasteiger partial charge in [0.05, 0.1) is 4.34 Å². The lowest BCUT2D eigenvalue weighted by molar-refractivity contribution is 0.0696. The molecule has 1 aromatic carbocycles. The summed E-state index contributed by atoms with van der Waals surface area (Å²) < 4.78 is 40.5. The van der Waals surface area contributed by atoms with E-state index >= 15 is 0 Å². The van der Waals surface area contributed by atoms with E-state index in [0.29, 0.717) is 16.1 Å². The predicted octanol–water partition coefficient (Wildman–Crippen LogP) is 5.30. The van der Waals surface area contributed by atoms with Gasteiger partial charge in [-0.2, -0.15) is 9.29 Å². The predicted molar refractivity (Wildman–Crippen MR) is 141 cm³/mol. The van der Waals surface area contributed by atoms with E-state index in [2.05, 4.69) is 27.3 Å². The minimum atomic E-state index is -3.74. The number of hydrogen-bond donors (Lipinski definition) is 0. The van der Waals surface area contributed by atoms with Gasteiger partial charge in [-0.25, -0.2) is 8.42 Å². The third kappa shape index (κ3) is 4.61. The number of aromatic nitrogens is 3. The Bertz CT molecular complexity index is 1520. The second-order valence-corrected chi connectivity index (χ2v) is 13.3. The van der Waals surface area contributed by atoms with Crippen LogP contribution in [0.1, 0.15) is 24.0 Å². The molecule has 2 bridgehead atoms. The summed E-state index contributed by atoms with van der Waals surface area (Å²) in [5.41, 5.74) is 4.15. The van der Waals surface area contributed by atoms with Crippen molar-refractivity contribution >= 4 is 33.0 Å². The Labute approximate surface area is 224 Å². The van der Waals surface area contributed by atoms with Gasteiger partial charge in [0.15, 0.2) is 0 Å². The second kappa shape index (κ2) is 9.92. The van der Waals surface area contributed by atoms with E-state index in [9.17, 15) is 8.42 Å². The molecular formula is C26H25ClN4O4S2. The number of benzene rings is 1. The van der Waals surface area contributed by atoms with Gasteiger partial charge < -0.3 is 9.26 Å². The highest BCUT2D eigenvalue weighted by atomic mass is 35.5. The van der Waals surface area contributed by atoms with Crippen molar-refractivity contribution in [1.82, 2.24) is 19.4 Å². The van der Waals surface area contributed by atoms with Crippen molar-refractivity contribution in [3.63, 3.8) is 0 Å². The lowest BCUT2D eigenvalue weighted by atomic mass is 9.92. The van der Waals surface area contributed by atoms with E-state index in [1.165, 1.54) is 18.2 Å². The van der Waals surface area contributed by atoms with E-state index in [-0.39, 0.29) is 28.8 Å². The first-order chi connectivity index (χ1) is 17.9. The van der Waals surface area contributed by atoms with Gasteiger partial charge in [0, 0.05) is 36.7 Å². The number of sulfonamides is 1. The number of methoxy groups -OCH3 is 1. The molecule has 0 saturated heterocycles. The first-order valence-electron chi connectivity index (χ1n) is 12.1. The summed E-state index contributed by atoms with van der Waals surface area (Å²) in [5, 5.41) is 4.20. The van der Waals surface area contributed by atoms with Crippen LogP contribution in [0.25, 0.3) is 22.8 Å². The molecule has 11 heteroatoms. The van der Waals surface area contributed by atoms with Crippen LogP contribution >= 0.6 is 22.9 Å². The fraction of sp³-hybridized carbons (Fsp3) is 0.346. The van der Waals surface area contributed by atoms with Crippen molar-refractivity contribution in [2.75, 3.05) is 13.8 Å². The minimum absolute atomic E-state index is 0.0117. The molecule has 3 aromatic heterocycles. The largest absolute Gasteiger partial charge is 0.368 e. The fourth-order valence-electron chi connectivity index (χ4n) is 5.74. The summed E-state index contributed by atoms with van der Waals surface area (Å²) in [4.78, 5) is 8.62. The van der Waals surface area contributed by atoms with Crippen LogP contribution in [0.15, 0.2) is 63.6 Å². The second-order valence-electron chi connectivity index (χ2n) is 9.51. The van der Waals surface area contributed by atoms with Crippen LogP contribution in [0.3, 0.4) is 0 Å². The quantitative estimate of drug-likeness (QED) is 0.285. The number of pyridine rings is 1. The van der Waals surface area contributed by atoms with Gasteiger partial charge >= 0.3 is 0 Å². The van der Waals surface area contributed by atoms with Gasteiger partial charge in [-0.05, 0) is 79.0 Å². The Balaban J connectivity index is 1.30. The summed E-state index contributed by atoms with van der Waals surface area (Å²) in [6.07, 6.45) is 6.92. The van der Waals surface area contributed by atoms with Crippen molar-refractivity contribution in [2.45, 2.75) is 35.9 Å². The molecule has 1 fully saturated rings. The van der Waals surface area contributed by atoms with E-state index in [0.717, 1.165) is 48.1 Å². The molecule has 4 aromatic rings. The fourth-order valence-corrected chi connectivity index (χ4v) is 9.01. The maximum absolute atomic E-state index is 13.7. The third-order valence-electron chi connectivity index (χ3n) is 7.36. The normalized spacial score (nSPS) is 21.2. The molecule has 0 N–H and O–H groups in total. The summed E-state index contributed by atoms with van der Waals surface area (Å²) in [6, 6.07) is 13.0. The van der Waals surface area contributed by atoms with Gasteiger partial charge in [0.25, 0.3) is 15.9 Å². The zero-order valence-electron chi connectivity index (χ0n) is 20.1. The molecule has 3 heterocycles. The average Bonchev–Trinajstić information content (AvgIpc) is 3.62. The zero-order valence-corrected chi connectivity index (χ0v) is 22.5. The molecule has 3 atom stereocenters. The molecule has 192 valence electrons. The number of fused-ring (bicyclic) bond motifs is 3. The number of rotatable bonds is 7. The molecule has 0 spiro atoms. The van der Waals surface area contributed by atoms with E-state index in [1.54, 1.807) is 28.8 Å². The number of thiophene rings is 1. The van der Waals surface area contributed by atoms with Gasteiger partial charge in [-0.1, -0.05) is 28.9 Å². The molecule has 3 unspecified atom stereocenters. The monoisotopic (exact) mass is 556 g/mol. The Morgan fingerprint density at radius 2 is 1.81 bits per heavy atom. The maximum Gasteiger partial charge on any atom is 0.258 e. The standard InChI is InChI=1S/C26H25ClN4O4S2/c1-34-15-31(37(32,33)23-7-6-22(27)36-23)24-18-3-4-19(24)13-21-14-20(5-2-17(21)12-18)25-29-26(35-30-25)16-8-10-28-11-9-16/h2,5-11,14,18-19,24H,3-4,12-13,15H2,1H3. The van der Waals surface area contributed by atoms with Crippen LogP contribution in [0.5, 0.6) is 0 Å². The van der Waals surface area contributed by atoms with Gasteiger partial charge in [-0.3, -0.25) is 4.98 Å². The number of ether oxygens (including phenoxy) is 1. The van der Waals surface area contributed by atoms with Gasteiger partial charge in [0.2, 0.25) is 5.82 Å². The van der Waals surface area contributed by atoms with Crippen LogP contribution in [0, 0.1) is 11.8 Å². The number of hydrogen-bond acceptors (Lipinski definition) is 8. The van der Waals surface area contributed by atoms with Crippen molar-refractivity contribution in [3.05, 3.63) is 70.3 Å². The molecule has 0 amide bonds. The van der Waals surface area contributed by atoms with Crippen molar-refractivity contribution < 1.29 is 17.7 Å². The summed E-state index contributed by atoms with van der Waals surface area (Å²) >= 11 is 7.16. The van der Waals surface area contributed by atoms with E-state index < -0.39 is 10.0 Å². The molecule has 6 rings (SSSR count). The number of halogens is 1. The smallest absolute Gasteiger partial charge is 0.258 e. The highest BCUT2D eigenvalue weighted by molar-refractivity contribution is 7.91. The Kier molecular flexibility index (Phi) is 6.62. The number of nitrogens with zero attached hydrogens (tertiary/aromatic N) is 4. The lowest BCUT2D eigenvalue weighted by Crippen LogP contribution is -2.46. The zero-order chi connectivity index (χ0) is 25.6. The molecule has 0 aliphatic heterocycles. The van der Waals surface area contributed by atoms with Crippen LogP contribution in [0.2, 0.25) is 4.34 Å².